The molecule has 3 atom stereocenters. The van der Waals surface area contributed by atoms with Gasteiger partial charge in [-0.1, -0.05) is 0 Å². The fourth-order valence-corrected chi connectivity index (χ4v) is 1.95. The number of ether oxygens (including phenoxy) is 1. The third-order valence-corrected chi connectivity index (χ3v) is 2.81. The van der Waals surface area contributed by atoms with Gasteiger partial charge in [0.15, 0.2) is 6.29 Å². The molecule has 7 nitrogen and oxygen atoms in total. The molecule has 1 aliphatic heterocycles. The maximum absolute atomic E-state index is 10.9. The Morgan fingerprint density at radius 2 is 2.00 bits per heavy atom. The van der Waals surface area contributed by atoms with Crippen LogP contribution < -0.4 is 5.32 Å². The van der Waals surface area contributed by atoms with Gasteiger partial charge < -0.3 is 30.5 Å². The fraction of sp³-hybridized carbons (Fsp3) is 0.900. The van der Waals surface area contributed by atoms with E-state index in [4.69, 9.17) is 4.74 Å². The normalized spacial score (nSPS) is 32.9. The highest BCUT2D eigenvalue weighted by molar-refractivity contribution is 5.73. The number of hydrogen-bond donors (Lipinski definition) is 5. The van der Waals surface area contributed by atoms with Gasteiger partial charge in [0.05, 0.1) is 25.4 Å². The number of rotatable bonds is 3. The van der Waals surface area contributed by atoms with E-state index in [1.807, 2.05) is 0 Å². The van der Waals surface area contributed by atoms with Crippen molar-refractivity contribution in [1.82, 2.24) is 5.32 Å². The van der Waals surface area contributed by atoms with Gasteiger partial charge >= 0.3 is 0 Å². The molecule has 1 aliphatic rings. The van der Waals surface area contributed by atoms with Crippen molar-refractivity contribution in [2.24, 2.45) is 0 Å². The largest absolute Gasteiger partial charge is 0.393 e. The summed E-state index contributed by atoms with van der Waals surface area (Å²) in [6.07, 6.45) is -2.17. The number of hydrogen-bond acceptors (Lipinski definition) is 6. The van der Waals surface area contributed by atoms with Crippen molar-refractivity contribution >= 4 is 5.91 Å². The van der Waals surface area contributed by atoms with Crippen molar-refractivity contribution in [3.63, 3.8) is 0 Å². The van der Waals surface area contributed by atoms with Gasteiger partial charge in [-0.3, -0.25) is 4.79 Å². The Labute approximate surface area is 99.0 Å². The molecule has 100 valence electrons. The Hall–Kier alpha value is -0.730. The van der Waals surface area contributed by atoms with E-state index >= 15 is 0 Å². The topological polar surface area (TPSA) is 119 Å². The van der Waals surface area contributed by atoms with Gasteiger partial charge in [-0.05, 0) is 6.42 Å². The third-order valence-electron chi connectivity index (χ3n) is 2.81. The lowest BCUT2D eigenvalue weighted by atomic mass is 9.96. The van der Waals surface area contributed by atoms with Crippen LogP contribution >= 0.6 is 0 Å². The van der Waals surface area contributed by atoms with Crippen molar-refractivity contribution in [3.8, 4) is 0 Å². The fourth-order valence-electron chi connectivity index (χ4n) is 1.95. The zero-order valence-corrected chi connectivity index (χ0v) is 9.67. The maximum Gasteiger partial charge on any atom is 0.217 e. The van der Waals surface area contributed by atoms with E-state index in [1.165, 1.54) is 6.92 Å². The lowest BCUT2D eigenvalue weighted by molar-refractivity contribution is -0.218. The van der Waals surface area contributed by atoms with Crippen LogP contribution in [0.25, 0.3) is 0 Å². The molecule has 0 aliphatic carbocycles. The standard InChI is InChI=1S/C10H19NO6/c1-6(14)11-8-2-7(15)3-10(4-12,5-13)17-9(8)16/h7-9,12-13,15-16H,2-5H2,1H3,(H,11,14)/t7?,8?,9-/m1/s1. The number of carbonyl (C=O) groups is 1. The summed E-state index contributed by atoms with van der Waals surface area (Å²) in [5, 5.41) is 40.3. The summed E-state index contributed by atoms with van der Waals surface area (Å²) >= 11 is 0. The highest BCUT2D eigenvalue weighted by Crippen LogP contribution is 2.27. The number of aliphatic hydroxyl groups excluding tert-OH is 4. The number of amides is 1. The van der Waals surface area contributed by atoms with Gasteiger partial charge in [0.25, 0.3) is 0 Å². The van der Waals surface area contributed by atoms with Gasteiger partial charge in [0, 0.05) is 13.3 Å². The molecule has 1 heterocycles. The molecule has 7 heteroatoms. The summed E-state index contributed by atoms with van der Waals surface area (Å²) < 4.78 is 5.16. The van der Waals surface area contributed by atoms with Crippen LogP contribution in [0, 0.1) is 0 Å². The molecule has 0 aromatic heterocycles. The van der Waals surface area contributed by atoms with Crippen LogP contribution in [0.3, 0.4) is 0 Å². The molecule has 0 bridgehead atoms. The summed E-state index contributed by atoms with van der Waals surface area (Å²) in [5.74, 6) is -0.356. The van der Waals surface area contributed by atoms with Crippen LogP contribution in [-0.4, -0.2) is 63.6 Å². The number of nitrogens with one attached hydrogen (secondary N) is 1. The monoisotopic (exact) mass is 249 g/mol. The molecule has 0 aromatic carbocycles. The van der Waals surface area contributed by atoms with Crippen molar-refractivity contribution in [2.45, 2.75) is 43.8 Å². The Kier molecular flexibility index (Phi) is 4.84. The second kappa shape index (κ2) is 5.74. The van der Waals surface area contributed by atoms with E-state index in [1.54, 1.807) is 0 Å². The highest BCUT2D eigenvalue weighted by atomic mass is 16.6. The Balaban J connectivity index is 2.80. The molecule has 1 saturated heterocycles. The zero-order valence-electron chi connectivity index (χ0n) is 9.67. The molecule has 5 N–H and O–H groups in total. The van der Waals surface area contributed by atoms with E-state index in [-0.39, 0.29) is 18.7 Å². The van der Waals surface area contributed by atoms with Crippen molar-refractivity contribution < 1.29 is 30.0 Å². The molecule has 1 rings (SSSR count). The molecule has 0 saturated carbocycles. The minimum atomic E-state index is -1.38. The zero-order chi connectivity index (χ0) is 13.1. The van der Waals surface area contributed by atoms with Crippen molar-refractivity contribution in [3.05, 3.63) is 0 Å². The molecular formula is C10H19NO6. The predicted octanol–water partition coefficient (Wildman–Crippen LogP) is -2.30. The Morgan fingerprint density at radius 3 is 2.47 bits per heavy atom. The van der Waals surface area contributed by atoms with E-state index < -0.39 is 37.3 Å². The molecule has 0 spiro atoms. The average molecular weight is 249 g/mol. The molecule has 0 radical (unpaired) electrons. The lowest BCUT2D eigenvalue weighted by Gasteiger charge is -2.31. The van der Waals surface area contributed by atoms with Gasteiger partial charge in [-0.25, -0.2) is 0 Å². The van der Waals surface area contributed by atoms with Crippen LogP contribution in [0.1, 0.15) is 19.8 Å². The summed E-state index contributed by atoms with van der Waals surface area (Å²) in [4.78, 5) is 10.9. The van der Waals surface area contributed by atoms with Crippen LogP contribution in [0.15, 0.2) is 0 Å². The summed E-state index contributed by atoms with van der Waals surface area (Å²) in [6, 6.07) is -0.762. The average Bonchev–Trinajstić information content (AvgIpc) is 2.36. The first-order valence-electron chi connectivity index (χ1n) is 5.45. The van der Waals surface area contributed by atoms with Crippen LogP contribution in [0.5, 0.6) is 0 Å². The van der Waals surface area contributed by atoms with Crippen molar-refractivity contribution in [1.29, 1.82) is 0 Å². The van der Waals surface area contributed by atoms with Crippen LogP contribution in [-0.2, 0) is 9.53 Å². The van der Waals surface area contributed by atoms with Gasteiger partial charge in [-0.2, -0.15) is 0 Å². The van der Waals surface area contributed by atoms with Gasteiger partial charge in [0.2, 0.25) is 5.91 Å². The maximum atomic E-state index is 10.9. The van der Waals surface area contributed by atoms with E-state index in [9.17, 15) is 25.2 Å². The van der Waals surface area contributed by atoms with Crippen LogP contribution in [0.4, 0.5) is 0 Å². The number of carbonyl (C=O) groups excluding carboxylic acids is 1. The first-order valence-corrected chi connectivity index (χ1v) is 5.45. The Morgan fingerprint density at radius 1 is 1.41 bits per heavy atom. The first-order chi connectivity index (χ1) is 7.92. The summed E-state index contributed by atoms with van der Waals surface area (Å²) in [5.41, 5.74) is -1.38. The molecule has 0 aromatic rings. The minimum Gasteiger partial charge on any atom is -0.393 e. The second-order valence-electron chi connectivity index (χ2n) is 4.41. The minimum absolute atomic E-state index is 0.00680. The van der Waals surface area contributed by atoms with Crippen LogP contribution in [0.2, 0.25) is 0 Å². The quantitative estimate of drug-likeness (QED) is 0.384. The lowest BCUT2D eigenvalue weighted by Crippen LogP contribution is -2.48. The molecule has 2 unspecified atom stereocenters. The van der Waals surface area contributed by atoms with E-state index in [0.717, 1.165) is 0 Å². The second-order valence-corrected chi connectivity index (χ2v) is 4.41. The van der Waals surface area contributed by atoms with Gasteiger partial charge in [0.1, 0.15) is 5.60 Å². The molecule has 1 fully saturated rings. The summed E-state index contributed by atoms with van der Waals surface area (Å²) in [7, 11) is 0. The molecular weight excluding hydrogens is 230 g/mol. The molecule has 1 amide bonds. The van der Waals surface area contributed by atoms with Gasteiger partial charge in [-0.15, -0.1) is 0 Å². The predicted molar refractivity (Wildman–Crippen MR) is 56.8 cm³/mol. The number of aliphatic hydroxyl groups is 4. The first kappa shape index (κ1) is 14.3. The summed E-state index contributed by atoms with van der Waals surface area (Å²) in [6.45, 7) is 0.240. The van der Waals surface area contributed by atoms with E-state index in [0.29, 0.717) is 0 Å². The third kappa shape index (κ3) is 3.62. The molecule has 17 heavy (non-hydrogen) atoms. The SMILES string of the molecule is CC(=O)NC1CC(O)CC(CO)(CO)O[C@H]1O. The smallest absolute Gasteiger partial charge is 0.217 e. The highest BCUT2D eigenvalue weighted by Gasteiger charge is 2.41. The van der Waals surface area contributed by atoms with Crippen molar-refractivity contribution in [2.75, 3.05) is 13.2 Å². The van der Waals surface area contributed by atoms with E-state index in [2.05, 4.69) is 5.32 Å². The Bertz CT molecular complexity index is 268.